The van der Waals surface area contributed by atoms with Gasteiger partial charge in [0, 0.05) is 20.3 Å². The third kappa shape index (κ3) is 2.29. The lowest BCUT2D eigenvalue weighted by Gasteiger charge is -2.31. The van der Waals surface area contributed by atoms with Crippen LogP contribution in [0.2, 0.25) is 0 Å². The van der Waals surface area contributed by atoms with Crippen molar-refractivity contribution in [1.29, 1.82) is 0 Å². The summed E-state index contributed by atoms with van der Waals surface area (Å²) in [6.07, 6.45) is 3.66. The number of hydrogen-bond donors (Lipinski definition) is 0. The standard InChI is InChI=1S/C10H18O3/c1-9(12-2)10(8-11)4-3-6-13-7-5-10/h8-9H,3-7H2,1-2H3. The molecule has 1 heterocycles. The van der Waals surface area contributed by atoms with Gasteiger partial charge < -0.3 is 14.3 Å². The zero-order chi connectivity index (χ0) is 9.73. The predicted octanol–water partition coefficient (Wildman–Crippen LogP) is 1.41. The Labute approximate surface area is 79.4 Å². The summed E-state index contributed by atoms with van der Waals surface area (Å²) in [4.78, 5) is 11.1. The molecule has 1 fully saturated rings. The van der Waals surface area contributed by atoms with Gasteiger partial charge in [-0.15, -0.1) is 0 Å². The second-order valence-corrected chi connectivity index (χ2v) is 3.69. The fraction of sp³-hybridized carbons (Fsp3) is 0.900. The number of rotatable bonds is 3. The maximum Gasteiger partial charge on any atom is 0.128 e. The fourth-order valence-electron chi connectivity index (χ4n) is 1.85. The van der Waals surface area contributed by atoms with E-state index in [1.807, 2.05) is 6.92 Å². The molecule has 13 heavy (non-hydrogen) atoms. The summed E-state index contributed by atoms with van der Waals surface area (Å²) in [6.45, 7) is 3.40. The highest BCUT2D eigenvalue weighted by atomic mass is 16.5. The van der Waals surface area contributed by atoms with Crippen molar-refractivity contribution >= 4 is 6.29 Å². The van der Waals surface area contributed by atoms with E-state index >= 15 is 0 Å². The van der Waals surface area contributed by atoms with Crippen molar-refractivity contribution in [3.8, 4) is 0 Å². The molecule has 0 saturated carbocycles. The Bertz CT molecular complexity index is 160. The minimum atomic E-state index is -0.314. The molecule has 1 aliphatic rings. The highest BCUT2D eigenvalue weighted by Crippen LogP contribution is 2.33. The summed E-state index contributed by atoms with van der Waals surface area (Å²) in [5, 5.41) is 0. The van der Waals surface area contributed by atoms with E-state index < -0.39 is 0 Å². The van der Waals surface area contributed by atoms with Crippen molar-refractivity contribution in [2.75, 3.05) is 20.3 Å². The molecular formula is C10H18O3. The Hall–Kier alpha value is -0.410. The molecule has 76 valence electrons. The lowest BCUT2D eigenvalue weighted by molar-refractivity contribution is -0.125. The van der Waals surface area contributed by atoms with E-state index in [4.69, 9.17) is 9.47 Å². The van der Waals surface area contributed by atoms with Gasteiger partial charge in [-0.1, -0.05) is 0 Å². The first-order valence-electron chi connectivity index (χ1n) is 4.82. The summed E-state index contributed by atoms with van der Waals surface area (Å²) < 4.78 is 10.6. The van der Waals surface area contributed by atoms with Crippen LogP contribution in [-0.2, 0) is 14.3 Å². The van der Waals surface area contributed by atoms with Crippen LogP contribution in [0.25, 0.3) is 0 Å². The SMILES string of the molecule is COC(C)C1(C=O)CCCOCC1. The van der Waals surface area contributed by atoms with Crippen LogP contribution in [-0.4, -0.2) is 32.7 Å². The summed E-state index contributed by atoms with van der Waals surface area (Å²) in [6, 6.07) is 0. The first-order valence-corrected chi connectivity index (χ1v) is 4.82. The van der Waals surface area contributed by atoms with Crippen LogP contribution in [0.4, 0.5) is 0 Å². The number of carbonyl (C=O) groups is 1. The van der Waals surface area contributed by atoms with E-state index in [0.29, 0.717) is 6.61 Å². The highest BCUT2D eigenvalue weighted by molar-refractivity contribution is 5.60. The molecule has 2 atom stereocenters. The van der Waals surface area contributed by atoms with E-state index in [2.05, 4.69) is 0 Å². The first kappa shape index (κ1) is 10.7. The maximum atomic E-state index is 11.1. The van der Waals surface area contributed by atoms with E-state index in [1.165, 1.54) is 0 Å². The second kappa shape index (κ2) is 4.72. The van der Waals surface area contributed by atoms with Gasteiger partial charge in [0.2, 0.25) is 0 Å². The molecule has 0 radical (unpaired) electrons. The number of methoxy groups -OCH3 is 1. The predicted molar refractivity (Wildman–Crippen MR) is 49.6 cm³/mol. The molecule has 1 saturated heterocycles. The number of hydrogen-bond acceptors (Lipinski definition) is 3. The zero-order valence-corrected chi connectivity index (χ0v) is 8.41. The molecular weight excluding hydrogens is 168 g/mol. The van der Waals surface area contributed by atoms with Crippen LogP contribution < -0.4 is 0 Å². The van der Waals surface area contributed by atoms with Crippen molar-refractivity contribution in [2.45, 2.75) is 32.3 Å². The topological polar surface area (TPSA) is 35.5 Å². The Balaban J connectivity index is 2.69. The molecule has 0 N–H and O–H groups in total. The molecule has 3 nitrogen and oxygen atoms in total. The van der Waals surface area contributed by atoms with Gasteiger partial charge in [-0.25, -0.2) is 0 Å². The highest BCUT2D eigenvalue weighted by Gasteiger charge is 2.36. The Morgan fingerprint density at radius 1 is 1.46 bits per heavy atom. The minimum absolute atomic E-state index is 0.00769. The summed E-state index contributed by atoms with van der Waals surface area (Å²) in [7, 11) is 1.65. The molecule has 0 aromatic carbocycles. The molecule has 1 aliphatic heterocycles. The van der Waals surface area contributed by atoms with Crippen LogP contribution in [0.3, 0.4) is 0 Å². The largest absolute Gasteiger partial charge is 0.381 e. The molecule has 0 spiro atoms. The molecule has 1 rings (SSSR count). The molecule has 0 aromatic rings. The van der Waals surface area contributed by atoms with Crippen molar-refractivity contribution < 1.29 is 14.3 Å². The molecule has 2 unspecified atom stereocenters. The molecule has 0 aromatic heterocycles. The van der Waals surface area contributed by atoms with E-state index in [-0.39, 0.29) is 11.5 Å². The molecule has 3 heteroatoms. The minimum Gasteiger partial charge on any atom is -0.381 e. The summed E-state index contributed by atoms with van der Waals surface area (Å²) >= 11 is 0. The molecule has 0 amide bonds. The monoisotopic (exact) mass is 186 g/mol. The normalized spacial score (nSPS) is 32.2. The quantitative estimate of drug-likeness (QED) is 0.625. The van der Waals surface area contributed by atoms with Gasteiger partial charge in [-0.05, 0) is 26.2 Å². The number of carbonyl (C=O) groups excluding carboxylic acids is 1. The van der Waals surface area contributed by atoms with Crippen LogP contribution in [0.5, 0.6) is 0 Å². The molecule has 0 aliphatic carbocycles. The third-order valence-electron chi connectivity index (χ3n) is 3.04. The molecule has 0 bridgehead atoms. The van der Waals surface area contributed by atoms with Crippen LogP contribution in [0.1, 0.15) is 26.2 Å². The lowest BCUT2D eigenvalue weighted by Crippen LogP contribution is -2.36. The smallest absolute Gasteiger partial charge is 0.128 e. The van der Waals surface area contributed by atoms with Gasteiger partial charge in [0.25, 0.3) is 0 Å². The van der Waals surface area contributed by atoms with E-state index in [0.717, 1.165) is 32.2 Å². The van der Waals surface area contributed by atoms with E-state index in [1.54, 1.807) is 7.11 Å². The Morgan fingerprint density at radius 2 is 2.23 bits per heavy atom. The van der Waals surface area contributed by atoms with Crippen molar-refractivity contribution in [2.24, 2.45) is 5.41 Å². The summed E-state index contributed by atoms with van der Waals surface area (Å²) in [5.74, 6) is 0. The van der Waals surface area contributed by atoms with Crippen LogP contribution in [0.15, 0.2) is 0 Å². The Morgan fingerprint density at radius 3 is 2.85 bits per heavy atom. The van der Waals surface area contributed by atoms with Crippen molar-refractivity contribution in [3.05, 3.63) is 0 Å². The van der Waals surface area contributed by atoms with Gasteiger partial charge in [0.15, 0.2) is 0 Å². The number of ether oxygens (including phenoxy) is 2. The second-order valence-electron chi connectivity index (χ2n) is 3.69. The van der Waals surface area contributed by atoms with Crippen molar-refractivity contribution in [1.82, 2.24) is 0 Å². The lowest BCUT2D eigenvalue weighted by atomic mass is 9.77. The van der Waals surface area contributed by atoms with Gasteiger partial charge in [-0.2, -0.15) is 0 Å². The third-order valence-corrected chi connectivity index (χ3v) is 3.04. The Kier molecular flexibility index (Phi) is 3.88. The van der Waals surface area contributed by atoms with Crippen LogP contribution >= 0.6 is 0 Å². The maximum absolute atomic E-state index is 11.1. The average Bonchev–Trinajstić information content (AvgIpc) is 2.42. The average molecular weight is 186 g/mol. The summed E-state index contributed by atoms with van der Waals surface area (Å²) in [5.41, 5.74) is -0.314. The first-order chi connectivity index (χ1) is 6.25. The number of aldehydes is 1. The van der Waals surface area contributed by atoms with Gasteiger partial charge in [0.1, 0.15) is 6.29 Å². The zero-order valence-electron chi connectivity index (χ0n) is 8.41. The van der Waals surface area contributed by atoms with Gasteiger partial charge in [-0.3, -0.25) is 0 Å². The van der Waals surface area contributed by atoms with Crippen molar-refractivity contribution in [3.63, 3.8) is 0 Å². The van der Waals surface area contributed by atoms with Gasteiger partial charge in [0.05, 0.1) is 11.5 Å². The van der Waals surface area contributed by atoms with Gasteiger partial charge >= 0.3 is 0 Å². The fourth-order valence-corrected chi connectivity index (χ4v) is 1.85. The van der Waals surface area contributed by atoms with Crippen LogP contribution in [0, 0.1) is 5.41 Å². The van der Waals surface area contributed by atoms with E-state index in [9.17, 15) is 4.79 Å².